The fraction of sp³-hybridized carbons (Fsp3) is 0.200. The third kappa shape index (κ3) is 2.33. The molecule has 1 heterocycles. The second kappa shape index (κ2) is 4.80. The van der Waals surface area contributed by atoms with Crippen molar-refractivity contribution in [2.75, 3.05) is 0 Å². The molecule has 2 rings (SSSR count). The molecule has 1 aromatic carbocycles. The molecule has 16 heavy (non-hydrogen) atoms. The first-order valence-corrected chi connectivity index (χ1v) is 5.48. The third-order valence-electron chi connectivity index (χ3n) is 2.15. The van der Waals surface area contributed by atoms with E-state index in [2.05, 4.69) is 10.1 Å². The second-order valence-corrected chi connectivity index (χ2v) is 3.88. The van der Waals surface area contributed by atoms with Crippen LogP contribution in [0.3, 0.4) is 0 Å². The molecule has 0 unspecified atom stereocenters. The number of hydrogen-bond donors (Lipinski definition) is 0. The molecule has 0 atom stereocenters. The van der Waals surface area contributed by atoms with Crippen molar-refractivity contribution >= 4 is 23.2 Å². The van der Waals surface area contributed by atoms with Gasteiger partial charge in [0.1, 0.15) is 18.0 Å². The molecule has 0 aliphatic heterocycles. The summed E-state index contributed by atoms with van der Waals surface area (Å²) in [7, 11) is 0. The van der Waals surface area contributed by atoms with E-state index in [1.165, 1.54) is 18.5 Å². The molecule has 0 fully saturated rings. The van der Waals surface area contributed by atoms with E-state index in [1.54, 1.807) is 10.7 Å². The normalized spacial score (nSPS) is 10.7. The number of rotatable bonds is 3. The van der Waals surface area contributed by atoms with E-state index in [4.69, 9.17) is 23.2 Å². The zero-order valence-electron chi connectivity index (χ0n) is 8.20. The molecule has 3 nitrogen and oxygen atoms in total. The Morgan fingerprint density at radius 3 is 2.88 bits per heavy atom. The molecule has 0 radical (unpaired) electrons. The van der Waals surface area contributed by atoms with Crippen LogP contribution in [0.15, 0.2) is 24.5 Å². The number of hydrogen-bond acceptors (Lipinski definition) is 2. The highest BCUT2D eigenvalue weighted by molar-refractivity contribution is 6.31. The largest absolute Gasteiger partial charge is 0.244 e. The molecule has 0 N–H and O–H groups in total. The second-order valence-electron chi connectivity index (χ2n) is 3.20. The van der Waals surface area contributed by atoms with Crippen LogP contribution in [0, 0.1) is 5.82 Å². The zero-order chi connectivity index (χ0) is 11.5. The van der Waals surface area contributed by atoms with Gasteiger partial charge in [-0.25, -0.2) is 14.1 Å². The quantitative estimate of drug-likeness (QED) is 0.794. The van der Waals surface area contributed by atoms with Crippen LogP contribution in [-0.2, 0) is 12.4 Å². The predicted octanol–water partition coefficient (Wildman–Crippen LogP) is 2.86. The van der Waals surface area contributed by atoms with E-state index in [0.29, 0.717) is 17.4 Å². The number of nitrogens with zero attached hydrogens (tertiary/aromatic N) is 3. The molecular weight excluding hydrogens is 252 g/mol. The van der Waals surface area contributed by atoms with E-state index < -0.39 is 0 Å². The van der Waals surface area contributed by atoms with Crippen LogP contribution in [0.25, 0.3) is 0 Å². The fourth-order valence-electron chi connectivity index (χ4n) is 1.33. The van der Waals surface area contributed by atoms with Gasteiger partial charge in [0.15, 0.2) is 0 Å². The van der Waals surface area contributed by atoms with Crippen molar-refractivity contribution in [3.05, 3.63) is 46.8 Å². The minimum absolute atomic E-state index is 0.277. The fourth-order valence-corrected chi connectivity index (χ4v) is 1.77. The van der Waals surface area contributed by atoms with Crippen LogP contribution < -0.4 is 0 Å². The Balaban J connectivity index is 2.27. The first-order chi connectivity index (χ1) is 7.70. The highest BCUT2D eigenvalue weighted by Crippen LogP contribution is 2.18. The molecule has 0 aliphatic carbocycles. The summed E-state index contributed by atoms with van der Waals surface area (Å²) in [6, 6.07) is 4.25. The number of aromatic nitrogens is 3. The Kier molecular flexibility index (Phi) is 3.41. The summed E-state index contributed by atoms with van der Waals surface area (Å²) >= 11 is 11.6. The lowest BCUT2D eigenvalue weighted by atomic mass is 10.2. The van der Waals surface area contributed by atoms with E-state index in [0.717, 1.165) is 5.56 Å². The highest BCUT2D eigenvalue weighted by Gasteiger charge is 2.07. The van der Waals surface area contributed by atoms with Crippen molar-refractivity contribution in [3.8, 4) is 0 Å². The summed E-state index contributed by atoms with van der Waals surface area (Å²) in [4.78, 5) is 3.98. The monoisotopic (exact) mass is 259 g/mol. The minimum atomic E-state index is -0.357. The van der Waals surface area contributed by atoms with Crippen LogP contribution in [0.1, 0.15) is 11.4 Å². The lowest BCUT2D eigenvalue weighted by molar-refractivity contribution is 0.622. The molecule has 6 heteroatoms. The summed E-state index contributed by atoms with van der Waals surface area (Å²) in [5, 5.41) is 4.39. The van der Waals surface area contributed by atoms with Crippen molar-refractivity contribution in [2.45, 2.75) is 12.4 Å². The summed E-state index contributed by atoms with van der Waals surface area (Å²) in [5.41, 5.74) is 0.778. The van der Waals surface area contributed by atoms with Gasteiger partial charge in [-0.1, -0.05) is 17.7 Å². The zero-order valence-corrected chi connectivity index (χ0v) is 9.71. The lowest BCUT2D eigenvalue weighted by Gasteiger charge is -2.06. The van der Waals surface area contributed by atoms with E-state index in [9.17, 15) is 4.39 Å². The lowest BCUT2D eigenvalue weighted by Crippen LogP contribution is -2.06. The maximum atomic E-state index is 12.8. The van der Waals surface area contributed by atoms with Gasteiger partial charge in [-0.2, -0.15) is 5.10 Å². The van der Waals surface area contributed by atoms with Gasteiger partial charge in [-0.3, -0.25) is 0 Å². The van der Waals surface area contributed by atoms with Crippen LogP contribution in [0.5, 0.6) is 0 Å². The van der Waals surface area contributed by atoms with Crippen molar-refractivity contribution in [1.82, 2.24) is 14.8 Å². The van der Waals surface area contributed by atoms with Gasteiger partial charge in [-0.05, 0) is 17.7 Å². The maximum Gasteiger partial charge on any atom is 0.142 e. The molecule has 0 saturated heterocycles. The Morgan fingerprint density at radius 2 is 2.19 bits per heavy atom. The van der Waals surface area contributed by atoms with Gasteiger partial charge in [-0.15, -0.1) is 11.6 Å². The van der Waals surface area contributed by atoms with Crippen molar-refractivity contribution in [2.24, 2.45) is 0 Å². The third-order valence-corrected chi connectivity index (χ3v) is 2.74. The van der Waals surface area contributed by atoms with Crippen molar-refractivity contribution in [3.63, 3.8) is 0 Å². The average Bonchev–Trinajstić information content (AvgIpc) is 2.69. The molecule has 0 spiro atoms. The van der Waals surface area contributed by atoms with Gasteiger partial charge in [0.25, 0.3) is 0 Å². The van der Waals surface area contributed by atoms with Gasteiger partial charge in [0.05, 0.1) is 12.4 Å². The SMILES string of the molecule is Fc1ccc(Cn2ncnc2CCl)c(Cl)c1. The molecule has 0 saturated carbocycles. The topological polar surface area (TPSA) is 30.7 Å². The van der Waals surface area contributed by atoms with Crippen molar-refractivity contribution in [1.29, 1.82) is 0 Å². The van der Waals surface area contributed by atoms with Gasteiger partial charge in [0.2, 0.25) is 0 Å². The van der Waals surface area contributed by atoms with E-state index in [1.807, 2.05) is 0 Å². The Morgan fingerprint density at radius 1 is 1.38 bits per heavy atom. The average molecular weight is 260 g/mol. The Bertz CT molecular complexity index is 499. The smallest absolute Gasteiger partial charge is 0.142 e. The van der Waals surface area contributed by atoms with E-state index >= 15 is 0 Å². The molecule has 84 valence electrons. The molecule has 0 aliphatic rings. The van der Waals surface area contributed by atoms with E-state index in [-0.39, 0.29) is 11.7 Å². The van der Waals surface area contributed by atoms with Crippen LogP contribution >= 0.6 is 23.2 Å². The van der Waals surface area contributed by atoms with Crippen LogP contribution in [-0.4, -0.2) is 14.8 Å². The summed E-state index contributed by atoms with van der Waals surface area (Å²) in [5.74, 6) is 0.575. The molecule has 1 aromatic heterocycles. The Labute approximate surface area is 102 Å². The maximum absolute atomic E-state index is 12.8. The molecule has 0 bridgehead atoms. The van der Waals surface area contributed by atoms with Gasteiger partial charge in [0, 0.05) is 5.02 Å². The minimum Gasteiger partial charge on any atom is -0.244 e. The molecular formula is C10H8Cl2FN3. The number of halogens is 3. The van der Waals surface area contributed by atoms with Crippen LogP contribution in [0.2, 0.25) is 5.02 Å². The number of benzene rings is 1. The van der Waals surface area contributed by atoms with Crippen LogP contribution in [0.4, 0.5) is 4.39 Å². The first-order valence-electron chi connectivity index (χ1n) is 4.57. The number of alkyl halides is 1. The summed E-state index contributed by atoms with van der Waals surface area (Å²) in [6.45, 7) is 0.432. The standard InChI is InChI=1S/C10H8Cl2FN3/c11-4-10-14-6-15-16(10)5-7-1-2-8(13)3-9(7)12/h1-3,6H,4-5H2. The summed E-state index contributed by atoms with van der Waals surface area (Å²) in [6.07, 6.45) is 1.43. The Hall–Kier alpha value is -1.13. The van der Waals surface area contributed by atoms with Gasteiger partial charge >= 0.3 is 0 Å². The highest BCUT2D eigenvalue weighted by atomic mass is 35.5. The molecule has 2 aromatic rings. The predicted molar refractivity (Wildman–Crippen MR) is 60.1 cm³/mol. The van der Waals surface area contributed by atoms with Gasteiger partial charge < -0.3 is 0 Å². The first kappa shape index (κ1) is 11.4. The molecule has 0 amide bonds. The van der Waals surface area contributed by atoms with Crippen molar-refractivity contribution < 1.29 is 4.39 Å². The summed E-state index contributed by atoms with van der Waals surface area (Å²) < 4.78 is 14.5.